The Kier molecular flexibility index (Phi) is 4.25. The van der Waals surface area contributed by atoms with Crippen LogP contribution in [0.1, 0.15) is 23.4 Å². The predicted molar refractivity (Wildman–Crippen MR) is 95.9 cm³/mol. The molecule has 0 fully saturated rings. The topological polar surface area (TPSA) is 101 Å². The number of nitrogens with zero attached hydrogens (tertiary/aromatic N) is 2. The van der Waals surface area contributed by atoms with E-state index in [2.05, 4.69) is 19.9 Å². The fourth-order valence-electron chi connectivity index (χ4n) is 2.86. The lowest BCUT2D eigenvalue weighted by Gasteiger charge is -2.15. The molecule has 4 aromatic rings. The highest BCUT2D eigenvalue weighted by Crippen LogP contribution is 2.30. The Morgan fingerprint density at radius 1 is 1.15 bits per heavy atom. The number of hydrogen-bond donors (Lipinski definition) is 2. The number of fused-ring (bicyclic) bond motifs is 1. The largest absolute Gasteiger partial charge is 0.423 e. The lowest BCUT2D eigenvalue weighted by Crippen LogP contribution is -2.29. The van der Waals surface area contributed by atoms with Crippen molar-refractivity contribution in [1.82, 2.24) is 19.9 Å². The van der Waals surface area contributed by atoms with Crippen LogP contribution in [0.15, 0.2) is 64.0 Å². The highest BCUT2D eigenvalue weighted by molar-refractivity contribution is 7.89. The van der Waals surface area contributed by atoms with Crippen LogP contribution in [0.5, 0.6) is 0 Å². The molecule has 27 heavy (non-hydrogen) atoms. The highest BCUT2D eigenvalue weighted by Gasteiger charge is 2.29. The lowest BCUT2D eigenvalue weighted by molar-refractivity contribution is 0.437. The van der Waals surface area contributed by atoms with Gasteiger partial charge in [-0.05, 0) is 30.3 Å². The van der Waals surface area contributed by atoms with Gasteiger partial charge in [-0.25, -0.2) is 12.8 Å². The molecular formula is C18H15FN4O3S. The first-order valence-electron chi connectivity index (χ1n) is 8.08. The Labute approximate surface area is 154 Å². The Morgan fingerprint density at radius 3 is 2.63 bits per heavy atom. The third kappa shape index (κ3) is 3.34. The average molecular weight is 386 g/mol. The molecule has 7 nitrogen and oxygen atoms in total. The van der Waals surface area contributed by atoms with Crippen LogP contribution in [-0.2, 0) is 10.0 Å². The molecule has 0 radical (unpaired) electrons. The Balaban J connectivity index is 1.83. The van der Waals surface area contributed by atoms with Crippen molar-refractivity contribution in [3.8, 4) is 0 Å². The van der Waals surface area contributed by atoms with Gasteiger partial charge in [0, 0.05) is 29.6 Å². The number of benzene rings is 2. The zero-order chi connectivity index (χ0) is 19.0. The maximum atomic E-state index is 13.5. The molecule has 1 unspecified atom stereocenters. The van der Waals surface area contributed by atoms with Gasteiger partial charge in [-0.15, -0.1) is 10.2 Å². The van der Waals surface area contributed by atoms with Crippen LogP contribution < -0.4 is 4.72 Å². The smallest absolute Gasteiger partial charge is 0.241 e. The normalized spacial score (nSPS) is 13.1. The van der Waals surface area contributed by atoms with Gasteiger partial charge in [0.05, 0.1) is 4.90 Å². The summed E-state index contributed by atoms with van der Waals surface area (Å²) in [6.45, 7) is 1.61. The van der Waals surface area contributed by atoms with E-state index in [1.165, 1.54) is 24.3 Å². The number of aromatic nitrogens is 3. The Morgan fingerprint density at radius 2 is 1.93 bits per heavy atom. The number of aryl methyl sites for hydroxylation is 1. The lowest BCUT2D eigenvalue weighted by atomic mass is 10.1. The van der Waals surface area contributed by atoms with E-state index in [1.54, 1.807) is 37.4 Å². The molecule has 0 aliphatic heterocycles. The van der Waals surface area contributed by atoms with E-state index >= 15 is 0 Å². The second-order valence-corrected chi connectivity index (χ2v) is 7.67. The molecule has 0 saturated carbocycles. The van der Waals surface area contributed by atoms with Gasteiger partial charge in [0.25, 0.3) is 0 Å². The van der Waals surface area contributed by atoms with Crippen molar-refractivity contribution < 1.29 is 17.2 Å². The van der Waals surface area contributed by atoms with E-state index in [-0.39, 0.29) is 10.8 Å². The van der Waals surface area contributed by atoms with Crippen molar-refractivity contribution in [3.05, 3.63) is 77.9 Å². The number of rotatable bonds is 5. The Hall–Kier alpha value is -3.04. The van der Waals surface area contributed by atoms with Gasteiger partial charge < -0.3 is 9.40 Å². The number of aromatic amines is 1. The minimum atomic E-state index is -3.87. The summed E-state index contributed by atoms with van der Waals surface area (Å²) in [4.78, 5) is 3.06. The molecule has 138 valence electrons. The molecule has 0 saturated heterocycles. The first-order chi connectivity index (χ1) is 12.9. The second kappa shape index (κ2) is 6.60. The van der Waals surface area contributed by atoms with Crippen LogP contribution in [0, 0.1) is 12.7 Å². The average Bonchev–Trinajstić information content (AvgIpc) is 3.26. The Bertz CT molecular complexity index is 1200. The standard InChI is InChI=1S/C18H15FN4O3S/c1-11-21-22-18(26-11)17(23-27(24,25)13-5-3-2-4-6-13)15-10-20-16-9-12(19)7-8-14(15)16/h2-10,17,20,23H,1H3. The van der Waals surface area contributed by atoms with Crippen LogP contribution in [0.3, 0.4) is 0 Å². The first kappa shape index (κ1) is 17.4. The number of H-pyrrole nitrogens is 1. The van der Waals surface area contributed by atoms with Crippen LogP contribution in [-0.4, -0.2) is 23.6 Å². The van der Waals surface area contributed by atoms with Gasteiger partial charge in [-0.1, -0.05) is 18.2 Å². The fraction of sp³-hybridized carbons (Fsp3) is 0.111. The maximum Gasteiger partial charge on any atom is 0.241 e. The van der Waals surface area contributed by atoms with E-state index in [0.29, 0.717) is 22.4 Å². The summed E-state index contributed by atoms with van der Waals surface area (Å²) in [7, 11) is -3.87. The molecule has 0 aliphatic rings. The summed E-state index contributed by atoms with van der Waals surface area (Å²) in [6, 6.07) is 11.3. The van der Waals surface area contributed by atoms with Crippen molar-refractivity contribution in [1.29, 1.82) is 0 Å². The molecule has 2 heterocycles. The summed E-state index contributed by atoms with van der Waals surface area (Å²) in [5.74, 6) is 0.00276. The van der Waals surface area contributed by atoms with Crippen LogP contribution in [0.4, 0.5) is 4.39 Å². The molecule has 0 bridgehead atoms. The van der Waals surface area contributed by atoms with E-state index in [4.69, 9.17) is 4.42 Å². The number of nitrogens with one attached hydrogen (secondary N) is 2. The summed E-state index contributed by atoms with van der Waals surface area (Å²) in [5, 5.41) is 8.41. The zero-order valence-electron chi connectivity index (χ0n) is 14.2. The molecule has 2 aromatic carbocycles. The van der Waals surface area contributed by atoms with Crippen molar-refractivity contribution in [2.24, 2.45) is 0 Å². The van der Waals surface area contributed by atoms with Gasteiger partial charge in [0.2, 0.25) is 21.8 Å². The first-order valence-corrected chi connectivity index (χ1v) is 9.56. The second-order valence-electron chi connectivity index (χ2n) is 5.96. The molecule has 1 atom stereocenters. The molecule has 0 spiro atoms. The number of sulfonamides is 1. The van der Waals surface area contributed by atoms with Gasteiger partial charge in [-0.2, -0.15) is 4.72 Å². The van der Waals surface area contributed by atoms with E-state index in [9.17, 15) is 12.8 Å². The SMILES string of the molecule is Cc1nnc(C(NS(=O)(=O)c2ccccc2)c2c[nH]c3cc(F)ccc23)o1. The van der Waals surface area contributed by atoms with Crippen LogP contribution in [0.2, 0.25) is 0 Å². The van der Waals surface area contributed by atoms with E-state index in [0.717, 1.165) is 0 Å². The molecule has 9 heteroatoms. The molecule has 4 rings (SSSR count). The van der Waals surface area contributed by atoms with Gasteiger partial charge in [0.15, 0.2) is 0 Å². The fourth-order valence-corrected chi connectivity index (χ4v) is 4.05. The molecule has 0 amide bonds. The maximum absolute atomic E-state index is 13.5. The zero-order valence-corrected chi connectivity index (χ0v) is 15.0. The van der Waals surface area contributed by atoms with Crippen LogP contribution >= 0.6 is 0 Å². The number of hydrogen-bond acceptors (Lipinski definition) is 5. The summed E-state index contributed by atoms with van der Waals surface area (Å²) in [5.41, 5.74) is 1.08. The van der Waals surface area contributed by atoms with E-state index < -0.39 is 21.9 Å². The van der Waals surface area contributed by atoms with Crippen molar-refractivity contribution in [3.63, 3.8) is 0 Å². The monoisotopic (exact) mass is 386 g/mol. The highest BCUT2D eigenvalue weighted by atomic mass is 32.2. The minimum absolute atomic E-state index is 0.0947. The molecule has 2 aromatic heterocycles. The molecule has 0 aliphatic carbocycles. The van der Waals surface area contributed by atoms with Gasteiger partial charge >= 0.3 is 0 Å². The predicted octanol–water partition coefficient (Wildman–Crippen LogP) is 3.07. The van der Waals surface area contributed by atoms with Crippen molar-refractivity contribution in [2.45, 2.75) is 17.9 Å². The summed E-state index contributed by atoms with van der Waals surface area (Å²) in [6.07, 6.45) is 1.60. The van der Waals surface area contributed by atoms with E-state index in [1.807, 2.05) is 0 Å². The summed E-state index contributed by atoms with van der Waals surface area (Å²) >= 11 is 0. The third-order valence-electron chi connectivity index (χ3n) is 4.10. The summed E-state index contributed by atoms with van der Waals surface area (Å²) < 4.78 is 47.3. The molecule has 2 N–H and O–H groups in total. The van der Waals surface area contributed by atoms with Crippen molar-refractivity contribution >= 4 is 20.9 Å². The number of halogens is 1. The quantitative estimate of drug-likeness (QED) is 0.549. The van der Waals surface area contributed by atoms with Gasteiger partial charge in [0.1, 0.15) is 11.9 Å². The third-order valence-corrected chi connectivity index (χ3v) is 5.54. The minimum Gasteiger partial charge on any atom is -0.423 e. The van der Waals surface area contributed by atoms with Gasteiger partial charge in [-0.3, -0.25) is 0 Å². The van der Waals surface area contributed by atoms with Crippen LogP contribution in [0.25, 0.3) is 10.9 Å². The van der Waals surface area contributed by atoms with Crippen molar-refractivity contribution in [2.75, 3.05) is 0 Å². The molecular weight excluding hydrogens is 371 g/mol.